The lowest BCUT2D eigenvalue weighted by molar-refractivity contribution is 0.0612. The summed E-state index contributed by atoms with van der Waals surface area (Å²) in [6, 6.07) is 0. The minimum absolute atomic E-state index is 0.235. The molecule has 0 aromatic rings. The molecular formula is C6H9Cl2NO3. The molecule has 0 rings (SSSR count). The molecule has 0 heterocycles. The maximum atomic E-state index is 10.5. The molecule has 0 saturated carbocycles. The molecule has 6 heteroatoms. The average molecular weight is 214 g/mol. The van der Waals surface area contributed by atoms with Crippen molar-refractivity contribution in [1.82, 2.24) is 0 Å². The van der Waals surface area contributed by atoms with Gasteiger partial charge in [0.25, 0.3) is 0 Å². The molecule has 0 aromatic carbocycles. The van der Waals surface area contributed by atoms with Crippen LogP contribution < -0.4 is 0 Å². The Bertz CT molecular complexity index is 182. The molecule has 0 bridgehead atoms. The third kappa shape index (κ3) is 5.21. The zero-order chi connectivity index (χ0) is 9.56. The summed E-state index contributed by atoms with van der Waals surface area (Å²) in [4.78, 5) is 14.0. The van der Waals surface area contributed by atoms with Gasteiger partial charge in [0.05, 0.1) is 12.3 Å². The van der Waals surface area contributed by atoms with E-state index in [-0.39, 0.29) is 6.61 Å². The van der Waals surface area contributed by atoms with E-state index in [2.05, 4.69) is 14.7 Å². The molecule has 4 nitrogen and oxygen atoms in total. The van der Waals surface area contributed by atoms with Crippen LogP contribution in [0.25, 0.3) is 0 Å². The number of hydrogen-bond acceptors (Lipinski definition) is 4. The van der Waals surface area contributed by atoms with E-state index in [0.29, 0.717) is 5.71 Å². The fourth-order valence-electron chi connectivity index (χ4n) is 0.293. The summed E-state index contributed by atoms with van der Waals surface area (Å²) in [5.41, 5.74) is 0.298. The molecule has 0 spiro atoms. The van der Waals surface area contributed by atoms with Gasteiger partial charge < -0.3 is 4.74 Å². The summed E-state index contributed by atoms with van der Waals surface area (Å²) in [5, 5.41) is 3.32. The van der Waals surface area contributed by atoms with Crippen molar-refractivity contribution in [3.63, 3.8) is 0 Å². The summed E-state index contributed by atoms with van der Waals surface area (Å²) in [5.74, 6) is 0. The van der Waals surface area contributed by atoms with Gasteiger partial charge in [0, 0.05) is 0 Å². The first-order chi connectivity index (χ1) is 5.57. The van der Waals surface area contributed by atoms with Crippen molar-refractivity contribution < 1.29 is 14.4 Å². The summed E-state index contributed by atoms with van der Waals surface area (Å²) in [6.07, 6.45) is -0.870. The van der Waals surface area contributed by atoms with Crippen LogP contribution in [-0.2, 0) is 9.57 Å². The van der Waals surface area contributed by atoms with Crippen LogP contribution >= 0.6 is 23.2 Å². The van der Waals surface area contributed by atoms with E-state index >= 15 is 0 Å². The van der Waals surface area contributed by atoms with Crippen molar-refractivity contribution in [1.29, 1.82) is 0 Å². The molecule has 0 aliphatic rings. The number of halogens is 2. The SMILES string of the molecule is CCOC(=O)ON=C(C)C(Cl)Cl. The van der Waals surface area contributed by atoms with Crippen molar-refractivity contribution in [2.75, 3.05) is 6.61 Å². The molecule has 0 amide bonds. The number of rotatable bonds is 3. The molecule has 0 N–H and O–H groups in total. The lowest BCUT2D eigenvalue weighted by Gasteiger charge is -1.99. The highest BCUT2D eigenvalue weighted by Gasteiger charge is 2.06. The van der Waals surface area contributed by atoms with E-state index in [4.69, 9.17) is 23.2 Å². The molecule has 0 radical (unpaired) electrons. The first-order valence-electron chi connectivity index (χ1n) is 3.24. The molecule has 0 fully saturated rings. The molecule has 0 aliphatic heterocycles. The van der Waals surface area contributed by atoms with Crippen molar-refractivity contribution in [2.24, 2.45) is 5.16 Å². The quantitative estimate of drug-likeness (QED) is 0.238. The zero-order valence-corrected chi connectivity index (χ0v) is 8.22. The minimum atomic E-state index is -0.870. The van der Waals surface area contributed by atoms with Gasteiger partial charge in [0.1, 0.15) is 4.84 Å². The number of alkyl halides is 2. The maximum absolute atomic E-state index is 10.5. The molecule has 0 aliphatic carbocycles. The smallest absolute Gasteiger partial charge is 0.433 e. The number of oxime groups is 1. The summed E-state index contributed by atoms with van der Waals surface area (Å²) in [6.45, 7) is 3.42. The van der Waals surface area contributed by atoms with E-state index in [1.165, 1.54) is 6.92 Å². The predicted octanol–water partition coefficient (Wildman–Crippen LogP) is 2.34. The second-order valence-corrected chi connectivity index (χ2v) is 2.90. The normalized spacial score (nSPS) is 11.6. The monoisotopic (exact) mass is 213 g/mol. The van der Waals surface area contributed by atoms with Gasteiger partial charge in [-0.05, 0) is 13.8 Å². The van der Waals surface area contributed by atoms with E-state index in [1.54, 1.807) is 6.92 Å². The Morgan fingerprint density at radius 2 is 2.17 bits per heavy atom. The van der Waals surface area contributed by atoms with Gasteiger partial charge >= 0.3 is 6.16 Å². The van der Waals surface area contributed by atoms with Crippen LogP contribution in [0.2, 0.25) is 0 Å². The van der Waals surface area contributed by atoms with Crippen molar-refractivity contribution in [3.05, 3.63) is 0 Å². The zero-order valence-electron chi connectivity index (χ0n) is 6.71. The third-order valence-corrected chi connectivity index (χ3v) is 1.47. The fraction of sp³-hybridized carbons (Fsp3) is 0.667. The van der Waals surface area contributed by atoms with Crippen LogP contribution in [-0.4, -0.2) is 23.3 Å². The van der Waals surface area contributed by atoms with Gasteiger partial charge in [-0.3, -0.25) is 4.84 Å². The molecule has 12 heavy (non-hydrogen) atoms. The van der Waals surface area contributed by atoms with Gasteiger partial charge in [-0.25, -0.2) is 4.79 Å². The lowest BCUT2D eigenvalue weighted by atomic mass is 10.5. The van der Waals surface area contributed by atoms with E-state index in [0.717, 1.165) is 0 Å². The Morgan fingerprint density at radius 1 is 1.58 bits per heavy atom. The van der Waals surface area contributed by atoms with Gasteiger partial charge in [-0.2, -0.15) is 0 Å². The van der Waals surface area contributed by atoms with Crippen LogP contribution in [0.4, 0.5) is 4.79 Å². The van der Waals surface area contributed by atoms with E-state index < -0.39 is 11.0 Å². The van der Waals surface area contributed by atoms with Crippen LogP contribution in [0.1, 0.15) is 13.8 Å². The first-order valence-corrected chi connectivity index (χ1v) is 4.11. The Kier molecular flexibility index (Phi) is 5.84. The number of carbonyl (C=O) groups is 1. The van der Waals surface area contributed by atoms with E-state index in [1.807, 2.05) is 0 Å². The van der Waals surface area contributed by atoms with Gasteiger partial charge in [0.2, 0.25) is 0 Å². The molecule has 0 atom stereocenters. The number of ether oxygens (including phenoxy) is 1. The molecule has 0 unspecified atom stereocenters. The molecule has 0 saturated heterocycles. The molecule has 70 valence electrons. The van der Waals surface area contributed by atoms with Crippen LogP contribution in [0.3, 0.4) is 0 Å². The van der Waals surface area contributed by atoms with Gasteiger partial charge in [0.15, 0.2) is 0 Å². The lowest BCUT2D eigenvalue weighted by Crippen LogP contribution is -2.08. The van der Waals surface area contributed by atoms with Crippen molar-refractivity contribution >= 4 is 35.1 Å². The standard InChI is InChI=1S/C6H9Cl2NO3/c1-3-11-6(10)12-9-4(2)5(7)8/h5H,3H2,1-2H3. The Labute approximate surface area is 80.4 Å². The van der Waals surface area contributed by atoms with E-state index in [9.17, 15) is 4.79 Å². The van der Waals surface area contributed by atoms with Crippen LogP contribution in [0.5, 0.6) is 0 Å². The Morgan fingerprint density at radius 3 is 2.58 bits per heavy atom. The topological polar surface area (TPSA) is 47.9 Å². The fourth-order valence-corrected chi connectivity index (χ4v) is 0.373. The van der Waals surface area contributed by atoms with Crippen molar-refractivity contribution in [2.45, 2.75) is 18.7 Å². The first kappa shape index (κ1) is 11.5. The highest BCUT2D eigenvalue weighted by atomic mass is 35.5. The van der Waals surface area contributed by atoms with Crippen molar-refractivity contribution in [3.8, 4) is 0 Å². The highest BCUT2D eigenvalue weighted by molar-refractivity contribution is 6.54. The largest absolute Gasteiger partial charge is 0.535 e. The van der Waals surface area contributed by atoms with Gasteiger partial charge in [-0.15, -0.1) is 0 Å². The summed E-state index contributed by atoms with van der Waals surface area (Å²) >= 11 is 10.8. The van der Waals surface area contributed by atoms with Crippen LogP contribution in [0, 0.1) is 0 Å². The summed E-state index contributed by atoms with van der Waals surface area (Å²) < 4.78 is 4.42. The Hall–Kier alpha value is -0.480. The number of hydrogen-bond donors (Lipinski definition) is 0. The minimum Gasteiger partial charge on any atom is -0.433 e. The van der Waals surface area contributed by atoms with Gasteiger partial charge in [-0.1, -0.05) is 28.4 Å². The summed E-state index contributed by atoms with van der Waals surface area (Å²) in [7, 11) is 0. The maximum Gasteiger partial charge on any atom is 0.535 e. The highest BCUT2D eigenvalue weighted by Crippen LogP contribution is 2.04. The second-order valence-electron chi connectivity index (χ2n) is 1.81. The molecular weight excluding hydrogens is 205 g/mol. The second kappa shape index (κ2) is 6.08. The van der Waals surface area contributed by atoms with Crippen LogP contribution in [0.15, 0.2) is 5.16 Å². The third-order valence-electron chi connectivity index (χ3n) is 0.842. The predicted molar refractivity (Wildman–Crippen MR) is 46.7 cm³/mol. The Balaban J connectivity index is 3.79. The molecule has 0 aromatic heterocycles. The number of nitrogens with zero attached hydrogens (tertiary/aromatic N) is 1. The number of carbonyl (C=O) groups excluding carboxylic acids is 1. The average Bonchev–Trinajstić information content (AvgIpc) is 2.00.